The van der Waals surface area contributed by atoms with Crippen molar-refractivity contribution in [1.82, 2.24) is 5.32 Å². The van der Waals surface area contributed by atoms with Gasteiger partial charge in [0.25, 0.3) is 0 Å². The van der Waals surface area contributed by atoms with Crippen molar-refractivity contribution in [3.05, 3.63) is 99.2 Å². The number of halogens is 1. The highest BCUT2D eigenvalue weighted by Gasteiger charge is 2.35. The summed E-state index contributed by atoms with van der Waals surface area (Å²) in [5, 5.41) is 17.1. The monoisotopic (exact) mass is 493 g/mol. The van der Waals surface area contributed by atoms with Gasteiger partial charge in [0.05, 0.1) is 33.9 Å². The SMILES string of the molecule is C=CCOC(=O)C1=C(C)NC(SCC(=O)Nc2cccc(C)c2)=C(C#N)[C@H]1c1ccc(Cl)cc1. The van der Waals surface area contributed by atoms with Gasteiger partial charge in [-0.3, -0.25) is 4.79 Å². The molecule has 1 amide bonds. The zero-order valence-corrected chi connectivity index (χ0v) is 20.4. The van der Waals surface area contributed by atoms with Gasteiger partial charge >= 0.3 is 5.97 Å². The maximum atomic E-state index is 12.9. The summed E-state index contributed by atoms with van der Waals surface area (Å²) in [7, 11) is 0. The van der Waals surface area contributed by atoms with Crippen LogP contribution in [0.2, 0.25) is 5.02 Å². The average molecular weight is 494 g/mol. The minimum absolute atomic E-state index is 0.0509. The number of benzene rings is 2. The largest absolute Gasteiger partial charge is 0.458 e. The van der Waals surface area contributed by atoms with E-state index in [2.05, 4.69) is 23.3 Å². The molecule has 0 saturated carbocycles. The molecule has 1 atom stereocenters. The van der Waals surface area contributed by atoms with Crippen molar-refractivity contribution < 1.29 is 14.3 Å². The summed E-state index contributed by atoms with van der Waals surface area (Å²) in [6.45, 7) is 7.32. The number of ether oxygens (including phenoxy) is 1. The van der Waals surface area contributed by atoms with Crippen LogP contribution in [-0.4, -0.2) is 24.2 Å². The third-order valence-corrected chi connectivity index (χ3v) is 6.32. The Labute approximate surface area is 208 Å². The molecule has 174 valence electrons. The zero-order valence-electron chi connectivity index (χ0n) is 18.9. The standard InChI is InChI=1S/C26H24ClN3O3S/c1-4-12-33-26(32)23-17(3)29-25(21(14-28)24(23)18-8-10-19(27)11-9-18)34-15-22(31)30-20-7-5-6-16(2)13-20/h4-11,13,24,29H,1,12,15H2,2-3H3,(H,30,31)/t24-/m1/s1. The molecule has 2 aromatic rings. The maximum Gasteiger partial charge on any atom is 0.337 e. The van der Waals surface area contributed by atoms with E-state index < -0.39 is 11.9 Å². The van der Waals surface area contributed by atoms with Gasteiger partial charge in [-0.2, -0.15) is 5.26 Å². The second-order valence-electron chi connectivity index (χ2n) is 7.60. The lowest BCUT2D eigenvalue weighted by molar-refractivity contribution is -0.138. The minimum atomic E-state index is -0.664. The molecule has 0 radical (unpaired) electrons. The Morgan fingerprint density at radius 1 is 1.26 bits per heavy atom. The van der Waals surface area contributed by atoms with Crippen LogP contribution in [0.15, 0.2) is 83.1 Å². The number of dihydropyridines is 1. The topological polar surface area (TPSA) is 91.2 Å². The second kappa shape index (κ2) is 11.6. The van der Waals surface area contributed by atoms with Crippen LogP contribution in [-0.2, 0) is 14.3 Å². The highest BCUT2D eigenvalue weighted by Crippen LogP contribution is 2.41. The van der Waals surface area contributed by atoms with Crippen molar-refractivity contribution in [3.8, 4) is 6.07 Å². The smallest absolute Gasteiger partial charge is 0.337 e. The number of nitrogens with zero attached hydrogens (tertiary/aromatic N) is 1. The Morgan fingerprint density at radius 3 is 2.65 bits per heavy atom. The molecule has 3 rings (SSSR count). The molecule has 2 aromatic carbocycles. The summed E-state index contributed by atoms with van der Waals surface area (Å²) < 4.78 is 5.29. The molecular formula is C26H24ClN3O3S. The first kappa shape index (κ1) is 25.2. The molecule has 0 fully saturated rings. The number of carbonyl (C=O) groups excluding carboxylic acids is 2. The van der Waals surface area contributed by atoms with E-state index in [9.17, 15) is 14.9 Å². The number of nitriles is 1. The van der Waals surface area contributed by atoms with Crippen molar-refractivity contribution in [2.75, 3.05) is 17.7 Å². The molecular weight excluding hydrogens is 470 g/mol. The predicted molar refractivity (Wildman–Crippen MR) is 136 cm³/mol. The Hall–Kier alpha value is -3.47. The highest BCUT2D eigenvalue weighted by molar-refractivity contribution is 8.03. The summed E-state index contributed by atoms with van der Waals surface area (Å²) in [5.41, 5.74) is 3.67. The zero-order chi connectivity index (χ0) is 24.7. The maximum absolute atomic E-state index is 12.9. The second-order valence-corrected chi connectivity index (χ2v) is 9.02. The molecule has 8 heteroatoms. The average Bonchev–Trinajstić information content (AvgIpc) is 2.81. The lowest BCUT2D eigenvalue weighted by Crippen LogP contribution is -2.29. The van der Waals surface area contributed by atoms with E-state index in [1.54, 1.807) is 31.2 Å². The number of carbonyl (C=O) groups is 2. The van der Waals surface area contributed by atoms with E-state index >= 15 is 0 Å². The van der Waals surface area contributed by atoms with Gasteiger partial charge in [-0.1, -0.05) is 60.3 Å². The van der Waals surface area contributed by atoms with Gasteiger partial charge in [-0.15, -0.1) is 0 Å². The van der Waals surface area contributed by atoms with Crippen LogP contribution in [0, 0.1) is 18.3 Å². The molecule has 0 aliphatic carbocycles. The molecule has 2 N–H and O–H groups in total. The molecule has 0 aromatic heterocycles. The molecule has 6 nitrogen and oxygen atoms in total. The van der Waals surface area contributed by atoms with Crippen molar-refractivity contribution in [3.63, 3.8) is 0 Å². The first-order valence-corrected chi connectivity index (χ1v) is 11.8. The van der Waals surface area contributed by atoms with Gasteiger partial charge in [0.15, 0.2) is 0 Å². The van der Waals surface area contributed by atoms with Gasteiger partial charge in [-0.25, -0.2) is 4.79 Å². The third-order valence-electron chi connectivity index (χ3n) is 5.05. The quantitative estimate of drug-likeness (QED) is 0.375. The van der Waals surface area contributed by atoms with E-state index in [0.29, 0.717) is 32.6 Å². The first-order chi connectivity index (χ1) is 16.3. The molecule has 1 heterocycles. The first-order valence-electron chi connectivity index (χ1n) is 10.5. The van der Waals surface area contributed by atoms with Crippen molar-refractivity contribution in [1.29, 1.82) is 5.26 Å². The van der Waals surface area contributed by atoms with Crippen LogP contribution in [0.25, 0.3) is 0 Å². The number of hydrogen-bond acceptors (Lipinski definition) is 6. The summed E-state index contributed by atoms with van der Waals surface area (Å²) >= 11 is 7.26. The summed E-state index contributed by atoms with van der Waals surface area (Å²) in [6.07, 6.45) is 1.48. The van der Waals surface area contributed by atoms with Gasteiger partial charge in [0.1, 0.15) is 6.61 Å². The van der Waals surface area contributed by atoms with Crippen molar-refractivity contribution >= 4 is 40.9 Å². The molecule has 1 aliphatic heterocycles. The lowest BCUT2D eigenvalue weighted by atomic mass is 9.82. The van der Waals surface area contributed by atoms with Crippen molar-refractivity contribution in [2.45, 2.75) is 19.8 Å². The highest BCUT2D eigenvalue weighted by atomic mass is 35.5. The molecule has 0 saturated heterocycles. The van der Waals surface area contributed by atoms with Gasteiger partial charge < -0.3 is 15.4 Å². The van der Waals surface area contributed by atoms with Crippen LogP contribution in [0.1, 0.15) is 24.0 Å². The number of esters is 1. The summed E-state index contributed by atoms with van der Waals surface area (Å²) in [5.74, 6) is -1.33. The number of rotatable bonds is 8. The fourth-order valence-electron chi connectivity index (χ4n) is 3.56. The van der Waals surface area contributed by atoms with Crippen LogP contribution in [0.4, 0.5) is 5.69 Å². The molecule has 1 aliphatic rings. The number of aryl methyl sites for hydroxylation is 1. The fraction of sp³-hybridized carbons (Fsp3) is 0.192. The fourth-order valence-corrected chi connectivity index (χ4v) is 4.57. The number of anilines is 1. The summed E-state index contributed by atoms with van der Waals surface area (Å²) in [4.78, 5) is 25.4. The number of hydrogen-bond donors (Lipinski definition) is 2. The van der Waals surface area contributed by atoms with Crippen LogP contribution < -0.4 is 10.6 Å². The number of nitrogens with one attached hydrogen (secondary N) is 2. The Balaban J connectivity index is 1.89. The van der Waals surface area contributed by atoms with Crippen LogP contribution in [0.3, 0.4) is 0 Å². The van der Waals surface area contributed by atoms with Gasteiger partial charge in [0, 0.05) is 16.4 Å². The van der Waals surface area contributed by atoms with Crippen LogP contribution >= 0.6 is 23.4 Å². The molecule has 0 spiro atoms. The van der Waals surface area contributed by atoms with Gasteiger partial charge in [0.2, 0.25) is 5.91 Å². The summed E-state index contributed by atoms with van der Waals surface area (Å²) in [6, 6.07) is 16.7. The van der Waals surface area contributed by atoms with Crippen LogP contribution in [0.5, 0.6) is 0 Å². The predicted octanol–water partition coefficient (Wildman–Crippen LogP) is 5.45. The lowest BCUT2D eigenvalue weighted by Gasteiger charge is -2.29. The number of thioether (sulfide) groups is 1. The molecule has 34 heavy (non-hydrogen) atoms. The Morgan fingerprint density at radius 2 is 2.00 bits per heavy atom. The van der Waals surface area contributed by atoms with E-state index in [1.165, 1.54) is 17.8 Å². The number of allylic oxidation sites excluding steroid dienone is 2. The Kier molecular flexibility index (Phi) is 8.58. The van der Waals surface area contributed by atoms with E-state index in [4.69, 9.17) is 16.3 Å². The van der Waals surface area contributed by atoms with E-state index in [-0.39, 0.29) is 18.3 Å². The van der Waals surface area contributed by atoms with E-state index in [1.807, 2.05) is 31.2 Å². The molecule has 0 bridgehead atoms. The normalized spacial score (nSPS) is 15.3. The Bertz CT molecular complexity index is 1210. The van der Waals surface area contributed by atoms with Gasteiger partial charge in [-0.05, 0) is 49.2 Å². The molecule has 0 unspecified atom stereocenters. The number of amides is 1. The van der Waals surface area contributed by atoms with E-state index in [0.717, 1.165) is 11.1 Å². The third kappa shape index (κ3) is 6.10. The minimum Gasteiger partial charge on any atom is -0.458 e. The van der Waals surface area contributed by atoms with Crippen molar-refractivity contribution in [2.24, 2.45) is 0 Å².